The fraction of sp³-hybridized carbons (Fsp3) is 0.333. The number of ether oxygens (including phenoxy) is 1. The van der Waals surface area contributed by atoms with Crippen molar-refractivity contribution in [3.05, 3.63) is 11.8 Å². The van der Waals surface area contributed by atoms with E-state index in [0.29, 0.717) is 6.26 Å². The van der Waals surface area contributed by atoms with Gasteiger partial charge in [0.25, 0.3) is 5.91 Å². The van der Waals surface area contributed by atoms with E-state index in [9.17, 15) is 9.59 Å². The van der Waals surface area contributed by atoms with Crippen molar-refractivity contribution in [1.82, 2.24) is 5.32 Å². The molecular weight excluding hydrogens is 161 g/mol. The van der Waals surface area contributed by atoms with E-state index in [0.717, 1.165) is 0 Å². The molecular formula is C6H10BNO4. The lowest BCUT2D eigenvalue weighted by molar-refractivity contribution is -0.139. The number of amides is 1. The van der Waals surface area contributed by atoms with Crippen molar-refractivity contribution in [2.75, 3.05) is 13.6 Å². The average molecular weight is 171 g/mol. The van der Waals surface area contributed by atoms with Crippen molar-refractivity contribution < 1.29 is 19.4 Å². The molecule has 2 N–H and O–H groups in total. The molecule has 0 bridgehead atoms. The molecule has 0 radical (unpaired) electrons. The first-order valence-electron chi connectivity index (χ1n) is 3.41. The zero-order valence-electron chi connectivity index (χ0n) is 6.96. The van der Waals surface area contributed by atoms with Gasteiger partial charge in [0.15, 0.2) is 13.4 Å². The summed E-state index contributed by atoms with van der Waals surface area (Å²) in [5.41, 5.74) is -0.403. The highest BCUT2D eigenvalue weighted by atomic mass is 16.5. The molecule has 0 atom stereocenters. The Hall–Kier alpha value is -1.46. The van der Waals surface area contributed by atoms with Crippen LogP contribution in [0, 0.1) is 0 Å². The summed E-state index contributed by atoms with van der Waals surface area (Å²) in [4.78, 5) is 21.7. The van der Waals surface area contributed by atoms with Crippen LogP contribution in [0.5, 0.6) is 0 Å². The molecule has 0 aliphatic heterocycles. The molecule has 1 amide bonds. The van der Waals surface area contributed by atoms with Gasteiger partial charge >= 0.3 is 5.97 Å². The summed E-state index contributed by atoms with van der Waals surface area (Å²) in [6.07, 6.45) is 0.427. The molecule has 0 fully saturated rings. The number of nitrogens with one attached hydrogen (secondary N) is 1. The minimum absolute atomic E-state index is 0.160. The van der Waals surface area contributed by atoms with Crippen LogP contribution in [0.2, 0.25) is 0 Å². The Morgan fingerprint density at radius 3 is 2.58 bits per heavy atom. The minimum Gasteiger partial charge on any atom is -0.514 e. The zero-order valence-corrected chi connectivity index (χ0v) is 6.96. The number of hydrogen-bond acceptors (Lipinski definition) is 4. The third kappa shape index (κ3) is 2.65. The van der Waals surface area contributed by atoms with Gasteiger partial charge in [-0.25, -0.2) is 4.79 Å². The zero-order chi connectivity index (χ0) is 9.56. The Kier molecular flexibility index (Phi) is 4.59. The van der Waals surface area contributed by atoms with Gasteiger partial charge in [-0.15, -0.1) is 0 Å². The predicted octanol–water partition coefficient (Wildman–Crippen LogP) is -1.69. The van der Waals surface area contributed by atoms with Gasteiger partial charge < -0.3 is 15.2 Å². The van der Waals surface area contributed by atoms with Crippen LogP contribution < -0.4 is 5.32 Å². The van der Waals surface area contributed by atoms with Gasteiger partial charge in [-0.2, -0.15) is 0 Å². The smallest absolute Gasteiger partial charge is 0.346 e. The summed E-state index contributed by atoms with van der Waals surface area (Å²) < 4.78 is 4.49. The number of hydrogen-bond donors (Lipinski definition) is 2. The molecule has 0 aromatic rings. The highest BCUT2D eigenvalue weighted by molar-refractivity contribution is 6.17. The second kappa shape index (κ2) is 5.23. The first-order chi connectivity index (χ1) is 5.67. The van der Waals surface area contributed by atoms with Gasteiger partial charge in [-0.05, 0) is 0 Å². The quantitative estimate of drug-likeness (QED) is 0.133. The molecule has 0 saturated carbocycles. The minimum atomic E-state index is -0.834. The molecule has 0 spiro atoms. The van der Waals surface area contributed by atoms with E-state index in [1.54, 1.807) is 7.85 Å². The van der Waals surface area contributed by atoms with E-state index in [1.807, 2.05) is 0 Å². The van der Waals surface area contributed by atoms with Crippen molar-refractivity contribution in [1.29, 1.82) is 0 Å². The Bertz CT molecular complexity index is 214. The number of aliphatic hydroxyl groups excluding tert-OH is 1. The summed E-state index contributed by atoms with van der Waals surface area (Å²) in [6, 6.07) is 0. The monoisotopic (exact) mass is 171 g/mol. The lowest BCUT2D eigenvalue weighted by Gasteiger charge is -2.02. The maximum atomic E-state index is 10.9. The van der Waals surface area contributed by atoms with E-state index in [4.69, 9.17) is 5.11 Å². The number of aliphatic hydroxyl groups is 1. The molecule has 0 saturated heterocycles. The first kappa shape index (κ1) is 10.5. The second-order valence-corrected chi connectivity index (χ2v) is 1.84. The molecule has 66 valence electrons. The predicted molar refractivity (Wildman–Crippen MR) is 44.3 cm³/mol. The number of rotatable bonds is 3. The summed E-state index contributed by atoms with van der Waals surface area (Å²) in [7, 11) is 2.96. The molecule has 0 unspecified atom stereocenters. The van der Waals surface area contributed by atoms with Crippen LogP contribution in [0.15, 0.2) is 11.8 Å². The van der Waals surface area contributed by atoms with Crippen molar-refractivity contribution >= 4 is 19.7 Å². The maximum absolute atomic E-state index is 10.9. The van der Waals surface area contributed by atoms with Gasteiger partial charge in [-0.1, -0.05) is 0 Å². The van der Waals surface area contributed by atoms with Crippen molar-refractivity contribution in [2.45, 2.75) is 0 Å². The van der Waals surface area contributed by atoms with Gasteiger partial charge in [0.1, 0.15) is 0 Å². The second-order valence-electron chi connectivity index (χ2n) is 1.84. The summed E-state index contributed by atoms with van der Waals surface area (Å²) in [5.74, 6) is -1.50. The molecule has 0 rings (SSSR count). The van der Waals surface area contributed by atoms with Crippen LogP contribution >= 0.6 is 0 Å². The van der Waals surface area contributed by atoms with Crippen molar-refractivity contribution in [2.24, 2.45) is 0 Å². The number of esters is 1. The molecule has 0 aromatic heterocycles. The van der Waals surface area contributed by atoms with E-state index in [1.165, 1.54) is 7.05 Å². The highest BCUT2D eigenvalue weighted by Crippen LogP contribution is 1.96. The summed E-state index contributed by atoms with van der Waals surface area (Å²) in [6.45, 7) is 0.160. The number of carbonyl (C=O) groups is 2. The lowest BCUT2D eigenvalue weighted by Crippen LogP contribution is -2.26. The van der Waals surface area contributed by atoms with Gasteiger partial charge in [0, 0.05) is 7.05 Å². The van der Waals surface area contributed by atoms with Crippen LogP contribution in [0.4, 0.5) is 0 Å². The average Bonchev–Trinajstić information content (AvgIpc) is 2.06. The van der Waals surface area contributed by atoms with Crippen LogP contribution in [-0.4, -0.2) is 38.4 Å². The van der Waals surface area contributed by atoms with E-state index < -0.39 is 17.4 Å². The van der Waals surface area contributed by atoms with Gasteiger partial charge in [0.05, 0.1) is 12.8 Å². The molecule has 6 heteroatoms. The first-order valence-corrected chi connectivity index (χ1v) is 3.41. The van der Waals surface area contributed by atoms with E-state index in [-0.39, 0.29) is 6.51 Å². The fourth-order valence-corrected chi connectivity index (χ4v) is 0.548. The Balaban J connectivity index is 4.37. The van der Waals surface area contributed by atoms with Gasteiger partial charge in [-0.3, -0.25) is 4.79 Å². The fourth-order valence-electron chi connectivity index (χ4n) is 0.548. The Morgan fingerprint density at radius 2 is 2.25 bits per heavy atom. The normalized spacial score (nSPS) is 10.6. The lowest BCUT2D eigenvalue weighted by atomic mass is 10.2. The topological polar surface area (TPSA) is 75.6 Å². The third-order valence-corrected chi connectivity index (χ3v) is 1.10. The standard InChI is InChI=1S/C6H10BNO4/c1-8-5(10)4(2-9)6(11)12-3-7/h2,9H,3,7H2,1H3,(H,8,10)/b4-2-. The Labute approximate surface area is 70.8 Å². The van der Waals surface area contributed by atoms with E-state index in [2.05, 4.69) is 10.1 Å². The number of likely N-dealkylation sites (N-methyl/N-ethyl adjacent to an activating group) is 1. The maximum Gasteiger partial charge on any atom is 0.346 e. The molecule has 0 aromatic carbocycles. The molecule has 0 aliphatic rings. The summed E-state index contributed by atoms with van der Waals surface area (Å²) >= 11 is 0. The van der Waals surface area contributed by atoms with Gasteiger partial charge in [0.2, 0.25) is 0 Å². The van der Waals surface area contributed by atoms with Crippen LogP contribution in [0.1, 0.15) is 0 Å². The van der Waals surface area contributed by atoms with Crippen LogP contribution in [0.3, 0.4) is 0 Å². The highest BCUT2D eigenvalue weighted by Gasteiger charge is 2.17. The third-order valence-electron chi connectivity index (χ3n) is 1.10. The Morgan fingerprint density at radius 1 is 1.67 bits per heavy atom. The van der Waals surface area contributed by atoms with Crippen LogP contribution in [0.25, 0.3) is 0 Å². The van der Waals surface area contributed by atoms with Crippen molar-refractivity contribution in [3.8, 4) is 0 Å². The summed E-state index contributed by atoms with van der Waals surface area (Å²) in [5, 5.41) is 10.7. The van der Waals surface area contributed by atoms with Crippen molar-refractivity contribution in [3.63, 3.8) is 0 Å². The largest absolute Gasteiger partial charge is 0.514 e. The van der Waals surface area contributed by atoms with Crippen LogP contribution in [-0.2, 0) is 14.3 Å². The van der Waals surface area contributed by atoms with E-state index >= 15 is 0 Å². The molecule has 5 nitrogen and oxygen atoms in total. The molecule has 12 heavy (non-hydrogen) atoms. The SMILES string of the molecule is BCOC(=O)/C(=C\O)C(=O)NC. The molecule has 0 aliphatic carbocycles. The number of carbonyl (C=O) groups excluding carboxylic acids is 2. The molecule has 0 heterocycles.